The lowest BCUT2D eigenvalue weighted by molar-refractivity contribution is 0.696. The van der Waals surface area contributed by atoms with Gasteiger partial charge in [0.1, 0.15) is 9.83 Å². The van der Waals surface area contributed by atoms with Gasteiger partial charge < -0.3 is 0 Å². The highest BCUT2D eigenvalue weighted by molar-refractivity contribution is 8.70. The summed E-state index contributed by atoms with van der Waals surface area (Å²) in [5.41, 5.74) is 0. The van der Waals surface area contributed by atoms with Crippen LogP contribution in [0.1, 0.15) is 0 Å². The zero-order valence-electron chi connectivity index (χ0n) is 3.49. The Balaban J connectivity index is 0.000000360. The van der Waals surface area contributed by atoms with E-state index in [1.807, 2.05) is 6.08 Å². The molecule has 0 saturated carbocycles. The van der Waals surface area contributed by atoms with Gasteiger partial charge in [0.2, 0.25) is 0 Å². The number of hydrogen-bond acceptors (Lipinski definition) is 2. The Hall–Kier alpha value is 0.530. The third-order valence-electron chi connectivity index (χ3n) is 0.488. The van der Waals surface area contributed by atoms with E-state index in [0.29, 0.717) is 0 Å². The molecule has 0 aromatic heterocycles. The second kappa shape index (κ2) is 3.52. The van der Waals surface area contributed by atoms with Gasteiger partial charge in [-0.05, 0) is 0 Å². The molecule has 0 aromatic carbocycles. The molecule has 4 heteroatoms. The van der Waals surface area contributed by atoms with E-state index in [1.54, 1.807) is 5.41 Å². The molecule has 7 heavy (non-hydrogen) atoms. The molecular weight excluding hydrogens is 152 g/mol. The lowest BCUT2D eigenvalue weighted by atomic mass is 10.8. The van der Waals surface area contributed by atoms with Crippen LogP contribution in [0, 0.1) is 0 Å². The number of hydrogen-bond donors (Lipinski definition) is 0. The second-order valence-electron chi connectivity index (χ2n) is 0.917. The highest BCUT2D eigenvalue weighted by atomic mass is 35.5. The van der Waals surface area contributed by atoms with Crippen LogP contribution in [-0.4, -0.2) is 9.96 Å². The SMILES string of the molecule is Cl.O=S1C=CCS1. The Morgan fingerprint density at radius 3 is 2.57 bits per heavy atom. The molecule has 0 aliphatic carbocycles. The van der Waals surface area contributed by atoms with Crippen LogP contribution in [0.5, 0.6) is 0 Å². The first kappa shape index (κ1) is 7.53. The molecule has 1 unspecified atom stereocenters. The molecule has 0 amide bonds. The van der Waals surface area contributed by atoms with E-state index in [0.717, 1.165) is 5.75 Å². The van der Waals surface area contributed by atoms with Crippen LogP contribution in [0.25, 0.3) is 0 Å². The Kier molecular flexibility index (Phi) is 3.79. The van der Waals surface area contributed by atoms with Crippen LogP contribution in [0.4, 0.5) is 0 Å². The summed E-state index contributed by atoms with van der Waals surface area (Å²) in [6.07, 6.45) is 1.92. The largest absolute Gasteiger partial charge is 0.243 e. The molecule has 0 fully saturated rings. The summed E-state index contributed by atoms with van der Waals surface area (Å²) in [6.45, 7) is 0. The maximum atomic E-state index is 10.2. The van der Waals surface area contributed by atoms with Gasteiger partial charge in [0.05, 0.1) is 0 Å². The van der Waals surface area contributed by atoms with Crippen molar-refractivity contribution in [1.82, 2.24) is 0 Å². The van der Waals surface area contributed by atoms with Gasteiger partial charge in [-0.1, -0.05) is 16.9 Å². The van der Waals surface area contributed by atoms with Gasteiger partial charge in [0.15, 0.2) is 0 Å². The summed E-state index contributed by atoms with van der Waals surface area (Å²) in [5, 5.41) is 1.71. The monoisotopic (exact) mass is 156 g/mol. The third-order valence-corrected chi connectivity index (χ3v) is 2.90. The van der Waals surface area contributed by atoms with Gasteiger partial charge in [-0.25, -0.2) is 4.21 Å². The molecule has 0 spiro atoms. The van der Waals surface area contributed by atoms with Crippen LogP contribution in [0.3, 0.4) is 0 Å². The Bertz CT molecular complexity index is 101. The molecule has 1 atom stereocenters. The van der Waals surface area contributed by atoms with Gasteiger partial charge in [-0.2, -0.15) is 0 Å². The number of rotatable bonds is 0. The van der Waals surface area contributed by atoms with Crippen molar-refractivity contribution in [3.05, 3.63) is 11.5 Å². The predicted octanol–water partition coefficient (Wildman–Crippen LogP) is 1.33. The predicted molar refractivity (Wildman–Crippen MR) is 37.0 cm³/mol. The van der Waals surface area contributed by atoms with E-state index in [9.17, 15) is 4.21 Å². The molecule has 1 aliphatic heterocycles. The van der Waals surface area contributed by atoms with Crippen molar-refractivity contribution < 1.29 is 4.21 Å². The van der Waals surface area contributed by atoms with E-state index in [2.05, 4.69) is 0 Å². The minimum absolute atomic E-state index is 0. The summed E-state index contributed by atoms with van der Waals surface area (Å²) >= 11 is 0. The Labute approximate surface area is 54.8 Å². The average molecular weight is 157 g/mol. The first-order valence-electron chi connectivity index (χ1n) is 1.60. The second-order valence-corrected chi connectivity index (χ2v) is 3.97. The fourth-order valence-electron chi connectivity index (χ4n) is 0.263. The Morgan fingerprint density at radius 2 is 2.43 bits per heavy atom. The normalized spacial score (nSPS) is 27.1. The van der Waals surface area contributed by atoms with Crippen molar-refractivity contribution in [2.45, 2.75) is 0 Å². The van der Waals surface area contributed by atoms with Crippen LogP contribution < -0.4 is 0 Å². The molecule has 1 heterocycles. The van der Waals surface area contributed by atoms with Crippen molar-refractivity contribution >= 4 is 33.0 Å². The molecule has 1 aliphatic rings. The van der Waals surface area contributed by atoms with Gasteiger partial charge in [0, 0.05) is 11.2 Å². The summed E-state index contributed by atoms with van der Waals surface area (Å²) in [5.74, 6) is 0.923. The summed E-state index contributed by atoms with van der Waals surface area (Å²) < 4.78 is 10.2. The third kappa shape index (κ3) is 2.36. The van der Waals surface area contributed by atoms with E-state index in [1.165, 1.54) is 10.8 Å². The molecular formula is C3H5ClOS2. The fraction of sp³-hybridized carbons (Fsp3) is 0.333. The zero-order chi connectivity index (χ0) is 4.41. The van der Waals surface area contributed by atoms with Gasteiger partial charge in [-0.15, -0.1) is 12.4 Å². The van der Waals surface area contributed by atoms with Crippen molar-refractivity contribution in [2.24, 2.45) is 0 Å². The first-order valence-corrected chi connectivity index (χ1v) is 4.31. The first-order chi connectivity index (χ1) is 2.89. The van der Waals surface area contributed by atoms with Crippen LogP contribution >= 0.6 is 23.2 Å². The Morgan fingerprint density at radius 1 is 1.71 bits per heavy atom. The minimum Gasteiger partial charge on any atom is -0.243 e. The van der Waals surface area contributed by atoms with E-state index < -0.39 is 9.83 Å². The van der Waals surface area contributed by atoms with Crippen LogP contribution in [-0.2, 0) is 9.83 Å². The highest BCUT2D eigenvalue weighted by Crippen LogP contribution is 2.14. The molecule has 0 N–H and O–H groups in total. The lowest BCUT2D eigenvalue weighted by Crippen LogP contribution is -1.61. The van der Waals surface area contributed by atoms with Crippen LogP contribution in [0.2, 0.25) is 0 Å². The minimum atomic E-state index is -0.687. The van der Waals surface area contributed by atoms with E-state index in [-0.39, 0.29) is 12.4 Å². The summed E-state index contributed by atoms with van der Waals surface area (Å²) in [4.78, 5) is 0. The molecule has 1 nitrogen and oxygen atoms in total. The molecule has 42 valence electrons. The van der Waals surface area contributed by atoms with Crippen molar-refractivity contribution in [2.75, 3.05) is 5.75 Å². The maximum absolute atomic E-state index is 10.2. The summed E-state index contributed by atoms with van der Waals surface area (Å²) in [6, 6.07) is 0. The van der Waals surface area contributed by atoms with Gasteiger partial charge >= 0.3 is 0 Å². The van der Waals surface area contributed by atoms with E-state index >= 15 is 0 Å². The lowest BCUT2D eigenvalue weighted by Gasteiger charge is -1.73. The number of halogens is 1. The van der Waals surface area contributed by atoms with Crippen LogP contribution in [0.15, 0.2) is 11.5 Å². The van der Waals surface area contributed by atoms with E-state index in [4.69, 9.17) is 0 Å². The highest BCUT2D eigenvalue weighted by Gasteiger charge is 1.97. The topological polar surface area (TPSA) is 17.1 Å². The zero-order valence-corrected chi connectivity index (χ0v) is 5.94. The average Bonchev–Trinajstić information content (AvgIpc) is 1.86. The van der Waals surface area contributed by atoms with Crippen molar-refractivity contribution in [1.29, 1.82) is 0 Å². The molecule has 0 aromatic rings. The van der Waals surface area contributed by atoms with Crippen molar-refractivity contribution in [3.8, 4) is 0 Å². The fourth-order valence-corrected chi connectivity index (χ4v) is 2.14. The smallest absolute Gasteiger partial charge is 0.105 e. The molecule has 1 rings (SSSR count). The summed E-state index contributed by atoms with van der Waals surface area (Å²) in [7, 11) is 0.772. The van der Waals surface area contributed by atoms with Crippen molar-refractivity contribution in [3.63, 3.8) is 0 Å². The maximum Gasteiger partial charge on any atom is 0.105 e. The molecule has 0 radical (unpaired) electrons. The quantitative estimate of drug-likeness (QED) is 0.493. The van der Waals surface area contributed by atoms with Gasteiger partial charge in [0.25, 0.3) is 0 Å². The van der Waals surface area contributed by atoms with Gasteiger partial charge in [-0.3, -0.25) is 0 Å². The molecule has 0 bridgehead atoms. The molecule has 0 saturated heterocycles. The standard InChI is InChI=1S/C3H4OS2.ClH/c4-6-3-1-2-5-6;/h1,3H,2H2;1H.